The van der Waals surface area contributed by atoms with Crippen LogP contribution in [0.1, 0.15) is 24.8 Å². The van der Waals surface area contributed by atoms with Crippen LogP contribution in [0.25, 0.3) is 0 Å². The molecule has 3 amide bonds. The van der Waals surface area contributed by atoms with E-state index in [1.807, 2.05) is 24.3 Å². The van der Waals surface area contributed by atoms with E-state index in [-0.39, 0.29) is 43.5 Å². The van der Waals surface area contributed by atoms with Gasteiger partial charge in [-0.1, -0.05) is 23.7 Å². The predicted molar refractivity (Wildman–Crippen MR) is 78.7 cm³/mol. The summed E-state index contributed by atoms with van der Waals surface area (Å²) in [5.74, 6) is -0.528. The van der Waals surface area contributed by atoms with Gasteiger partial charge in [0, 0.05) is 37.4 Å². The topological polar surface area (TPSA) is 66.5 Å². The smallest absolute Gasteiger partial charge is 0.229 e. The summed E-state index contributed by atoms with van der Waals surface area (Å²) in [6, 6.07) is 7.44. The van der Waals surface area contributed by atoms with Crippen molar-refractivity contribution in [1.82, 2.24) is 10.2 Å². The molecule has 2 rings (SSSR count). The summed E-state index contributed by atoms with van der Waals surface area (Å²) < 4.78 is 0. The number of halogens is 1. The lowest BCUT2D eigenvalue weighted by atomic mass is 10.1. The third-order valence-corrected chi connectivity index (χ3v) is 3.62. The van der Waals surface area contributed by atoms with Crippen LogP contribution >= 0.6 is 11.6 Å². The highest BCUT2D eigenvalue weighted by Gasteiger charge is 2.28. The van der Waals surface area contributed by atoms with E-state index < -0.39 is 0 Å². The van der Waals surface area contributed by atoms with Crippen molar-refractivity contribution in [3.63, 3.8) is 0 Å². The summed E-state index contributed by atoms with van der Waals surface area (Å²) in [5, 5.41) is 3.46. The second kappa shape index (κ2) is 7.22. The molecule has 0 saturated carbocycles. The quantitative estimate of drug-likeness (QED) is 0.811. The molecule has 0 spiro atoms. The molecule has 0 atom stereocenters. The van der Waals surface area contributed by atoms with E-state index in [9.17, 15) is 14.4 Å². The van der Waals surface area contributed by atoms with Crippen LogP contribution in [0, 0.1) is 0 Å². The molecule has 0 aromatic heterocycles. The summed E-state index contributed by atoms with van der Waals surface area (Å²) in [6.07, 6.45) is 1.39. The number of carbonyl (C=O) groups excluding carboxylic acids is 3. The highest BCUT2D eigenvalue weighted by Crippen LogP contribution is 2.12. The number of hydrogen-bond acceptors (Lipinski definition) is 3. The van der Waals surface area contributed by atoms with E-state index >= 15 is 0 Å². The number of imide groups is 1. The molecule has 1 aromatic carbocycles. The number of benzene rings is 1. The molecule has 1 fully saturated rings. The lowest BCUT2D eigenvalue weighted by molar-refractivity contribution is -0.138. The van der Waals surface area contributed by atoms with Gasteiger partial charge in [-0.3, -0.25) is 19.3 Å². The average molecular weight is 309 g/mol. The molecule has 1 N–H and O–H groups in total. The molecule has 6 heteroatoms. The summed E-state index contributed by atoms with van der Waals surface area (Å²) in [4.78, 5) is 35.6. The van der Waals surface area contributed by atoms with E-state index in [0.717, 1.165) is 5.56 Å². The van der Waals surface area contributed by atoms with E-state index in [1.54, 1.807) is 0 Å². The summed E-state index contributed by atoms with van der Waals surface area (Å²) >= 11 is 5.79. The predicted octanol–water partition coefficient (Wildman–Crippen LogP) is 1.54. The molecule has 1 aliphatic rings. The van der Waals surface area contributed by atoms with Crippen molar-refractivity contribution in [2.24, 2.45) is 0 Å². The highest BCUT2D eigenvalue weighted by atomic mass is 35.5. The monoisotopic (exact) mass is 308 g/mol. The Bertz CT molecular complexity index is 526. The summed E-state index contributed by atoms with van der Waals surface area (Å²) in [7, 11) is 0. The lowest BCUT2D eigenvalue weighted by Crippen LogP contribution is -2.34. The molecule has 1 aromatic rings. The molecular weight excluding hydrogens is 292 g/mol. The zero-order valence-corrected chi connectivity index (χ0v) is 12.4. The van der Waals surface area contributed by atoms with Crippen LogP contribution in [0.3, 0.4) is 0 Å². The van der Waals surface area contributed by atoms with Gasteiger partial charge in [-0.2, -0.15) is 0 Å². The van der Waals surface area contributed by atoms with E-state index in [4.69, 9.17) is 11.6 Å². The number of likely N-dealkylation sites (tertiary alicyclic amines) is 1. The van der Waals surface area contributed by atoms with Crippen molar-refractivity contribution in [3.05, 3.63) is 34.9 Å². The highest BCUT2D eigenvalue weighted by molar-refractivity contribution is 6.30. The molecule has 1 saturated heterocycles. The molecule has 1 heterocycles. The van der Waals surface area contributed by atoms with Crippen molar-refractivity contribution in [2.75, 3.05) is 13.1 Å². The van der Waals surface area contributed by atoms with Gasteiger partial charge in [0.05, 0.1) is 0 Å². The van der Waals surface area contributed by atoms with Gasteiger partial charge in [0.1, 0.15) is 0 Å². The molecule has 0 aliphatic carbocycles. The molecule has 5 nitrogen and oxygen atoms in total. The van der Waals surface area contributed by atoms with Gasteiger partial charge in [-0.05, 0) is 24.1 Å². The van der Waals surface area contributed by atoms with Crippen LogP contribution in [-0.4, -0.2) is 35.7 Å². The summed E-state index contributed by atoms with van der Waals surface area (Å²) in [5.41, 5.74) is 1.09. The standard InChI is InChI=1S/C15H17ClN2O3/c16-12-3-1-11(2-4-12)7-9-17-13(19)8-10-18-14(20)5-6-15(18)21/h1-4H,5-10H2,(H,17,19). The normalized spacial score (nSPS) is 14.6. The molecule has 0 bridgehead atoms. The second-order valence-corrected chi connectivity index (χ2v) is 5.35. The number of nitrogens with one attached hydrogen (secondary N) is 1. The van der Waals surface area contributed by atoms with Crippen LogP contribution in [-0.2, 0) is 20.8 Å². The molecule has 0 radical (unpaired) electrons. The van der Waals surface area contributed by atoms with Crippen molar-refractivity contribution in [2.45, 2.75) is 25.7 Å². The maximum atomic E-state index is 11.7. The Labute approximate surface area is 128 Å². The van der Waals surface area contributed by atoms with Crippen molar-refractivity contribution in [1.29, 1.82) is 0 Å². The van der Waals surface area contributed by atoms with Gasteiger partial charge >= 0.3 is 0 Å². The van der Waals surface area contributed by atoms with Gasteiger partial charge in [-0.15, -0.1) is 0 Å². The number of rotatable bonds is 6. The molecular formula is C15H17ClN2O3. The minimum atomic E-state index is -0.186. The fourth-order valence-electron chi connectivity index (χ4n) is 2.17. The van der Waals surface area contributed by atoms with E-state index in [2.05, 4.69) is 5.32 Å². The van der Waals surface area contributed by atoms with Gasteiger partial charge < -0.3 is 5.32 Å². The van der Waals surface area contributed by atoms with Crippen LogP contribution in [0.15, 0.2) is 24.3 Å². The number of amides is 3. The first-order chi connectivity index (χ1) is 10.1. The van der Waals surface area contributed by atoms with E-state index in [0.29, 0.717) is 18.0 Å². The Kier molecular flexibility index (Phi) is 5.33. The maximum Gasteiger partial charge on any atom is 0.229 e. The van der Waals surface area contributed by atoms with Crippen LogP contribution in [0.4, 0.5) is 0 Å². The summed E-state index contributed by atoms with van der Waals surface area (Å²) in [6.45, 7) is 0.687. The average Bonchev–Trinajstić information content (AvgIpc) is 2.78. The molecule has 112 valence electrons. The Morgan fingerprint density at radius 2 is 1.76 bits per heavy atom. The Balaban J connectivity index is 1.67. The number of hydrogen-bond donors (Lipinski definition) is 1. The largest absolute Gasteiger partial charge is 0.356 e. The fraction of sp³-hybridized carbons (Fsp3) is 0.400. The first kappa shape index (κ1) is 15.5. The first-order valence-electron chi connectivity index (χ1n) is 6.90. The van der Waals surface area contributed by atoms with Crippen LogP contribution in [0.2, 0.25) is 5.02 Å². The molecule has 0 unspecified atom stereocenters. The van der Waals surface area contributed by atoms with E-state index in [1.165, 1.54) is 4.90 Å². The maximum absolute atomic E-state index is 11.7. The number of nitrogens with zero attached hydrogens (tertiary/aromatic N) is 1. The lowest BCUT2D eigenvalue weighted by Gasteiger charge is -2.13. The Hall–Kier alpha value is -1.88. The van der Waals surface area contributed by atoms with Crippen LogP contribution < -0.4 is 5.32 Å². The zero-order valence-electron chi connectivity index (χ0n) is 11.6. The SMILES string of the molecule is O=C(CCN1C(=O)CCC1=O)NCCc1ccc(Cl)cc1. The minimum absolute atomic E-state index is 0.151. The number of carbonyl (C=O) groups is 3. The van der Waals surface area contributed by atoms with Gasteiger partial charge in [0.25, 0.3) is 0 Å². The van der Waals surface area contributed by atoms with Gasteiger partial charge in [0.2, 0.25) is 17.7 Å². The molecule has 1 aliphatic heterocycles. The van der Waals surface area contributed by atoms with Crippen molar-refractivity contribution < 1.29 is 14.4 Å². The first-order valence-corrected chi connectivity index (χ1v) is 7.28. The minimum Gasteiger partial charge on any atom is -0.356 e. The second-order valence-electron chi connectivity index (χ2n) is 4.92. The Morgan fingerprint density at radius 3 is 2.38 bits per heavy atom. The molecule has 21 heavy (non-hydrogen) atoms. The van der Waals surface area contributed by atoms with Crippen molar-refractivity contribution in [3.8, 4) is 0 Å². The fourth-order valence-corrected chi connectivity index (χ4v) is 2.30. The third kappa shape index (κ3) is 4.56. The zero-order chi connectivity index (χ0) is 15.2. The van der Waals surface area contributed by atoms with Crippen molar-refractivity contribution >= 4 is 29.3 Å². The third-order valence-electron chi connectivity index (χ3n) is 3.37. The Morgan fingerprint density at radius 1 is 1.14 bits per heavy atom. The van der Waals surface area contributed by atoms with Gasteiger partial charge in [0.15, 0.2) is 0 Å². The van der Waals surface area contributed by atoms with Crippen LogP contribution in [0.5, 0.6) is 0 Å². The van der Waals surface area contributed by atoms with Gasteiger partial charge in [-0.25, -0.2) is 0 Å².